The van der Waals surface area contributed by atoms with E-state index in [1.165, 1.54) is 16.8 Å². The lowest BCUT2D eigenvalue weighted by Crippen LogP contribution is -2.45. The van der Waals surface area contributed by atoms with Crippen molar-refractivity contribution in [1.82, 2.24) is 0 Å². The smallest absolute Gasteiger partial charge is 0.0998 e. The number of nitrogens with zero attached hydrogens (tertiary/aromatic N) is 2. The first kappa shape index (κ1) is 18.7. The predicted molar refractivity (Wildman–Crippen MR) is 114 cm³/mol. The number of halogens is 1. The highest BCUT2D eigenvalue weighted by Crippen LogP contribution is 2.43. The zero-order valence-corrected chi connectivity index (χ0v) is 17.7. The number of nitriles is 1. The van der Waals surface area contributed by atoms with Crippen LogP contribution < -0.4 is 4.90 Å². The third kappa shape index (κ3) is 3.44. The summed E-state index contributed by atoms with van der Waals surface area (Å²) in [7, 11) is 2.18. The van der Waals surface area contributed by atoms with Gasteiger partial charge in [0.25, 0.3) is 0 Å². The standard InChI is InChI=1S/C23H25BrN2/c1-15-9-22-21(16(2)13-23(3,4)26(22)5)12-18(15)10-19(14-25)17-7-6-8-20(24)11-17/h6-12,16H,13H2,1-5H3/b19-10-/t16-/m0/s1. The van der Waals surface area contributed by atoms with E-state index in [1.807, 2.05) is 30.3 Å². The number of fused-ring (bicyclic) bond motifs is 1. The fourth-order valence-corrected chi connectivity index (χ4v) is 4.28. The Kier molecular flexibility index (Phi) is 4.99. The molecule has 1 heterocycles. The van der Waals surface area contributed by atoms with Crippen molar-refractivity contribution >= 4 is 33.3 Å². The van der Waals surface area contributed by atoms with Crippen LogP contribution in [0.15, 0.2) is 40.9 Å². The van der Waals surface area contributed by atoms with Gasteiger partial charge >= 0.3 is 0 Å². The van der Waals surface area contributed by atoms with Crippen LogP contribution in [0.25, 0.3) is 11.6 Å². The molecule has 0 saturated carbocycles. The number of anilines is 1. The maximum atomic E-state index is 9.68. The van der Waals surface area contributed by atoms with Crippen molar-refractivity contribution in [3.63, 3.8) is 0 Å². The lowest BCUT2D eigenvalue weighted by molar-refractivity contribution is 0.395. The minimum Gasteiger partial charge on any atom is -0.369 e. The van der Waals surface area contributed by atoms with Gasteiger partial charge in [-0.1, -0.05) is 35.0 Å². The van der Waals surface area contributed by atoms with Gasteiger partial charge in [-0.05, 0) is 85.7 Å². The zero-order valence-electron chi connectivity index (χ0n) is 16.1. The van der Waals surface area contributed by atoms with E-state index in [2.05, 4.69) is 73.8 Å². The lowest BCUT2D eigenvalue weighted by atomic mass is 9.79. The van der Waals surface area contributed by atoms with Gasteiger partial charge in [-0.2, -0.15) is 5.26 Å². The van der Waals surface area contributed by atoms with Gasteiger partial charge in [-0.25, -0.2) is 0 Å². The van der Waals surface area contributed by atoms with Gasteiger partial charge in [-0.15, -0.1) is 0 Å². The second-order valence-electron chi connectivity index (χ2n) is 7.92. The molecule has 2 nitrogen and oxygen atoms in total. The topological polar surface area (TPSA) is 27.0 Å². The molecular weight excluding hydrogens is 384 g/mol. The second kappa shape index (κ2) is 6.93. The highest BCUT2D eigenvalue weighted by atomic mass is 79.9. The molecule has 2 aromatic carbocycles. The van der Waals surface area contributed by atoms with Crippen LogP contribution in [-0.2, 0) is 0 Å². The normalized spacial score (nSPS) is 19.0. The third-order valence-electron chi connectivity index (χ3n) is 5.58. The molecule has 0 aliphatic carbocycles. The van der Waals surface area contributed by atoms with Crippen LogP contribution in [0.4, 0.5) is 5.69 Å². The first-order chi connectivity index (χ1) is 12.2. The van der Waals surface area contributed by atoms with Crippen LogP contribution in [0.1, 0.15) is 55.4 Å². The summed E-state index contributed by atoms with van der Waals surface area (Å²) in [5, 5.41) is 9.68. The zero-order chi connectivity index (χ0) is 19.1. The highest BCUT2D eigenvalue weighted by molar-refractivity contribution is 9.10. The van der Waals surface area contributed by atoms with Crippen LogP contribution in [-0.4, -0.2) is 12.6 Å². The average molecular weight is 409 g/mol. The molecule has 0 aromatic heterocycles. The summed E-state index contributed by atoms with van der Waals surface area (Å²) >= 11 is 3.49. The first-order valence-electron chi connectivity index (χ1n) is 8.99. The molecule has 1 aliphatic heterocycles. The van der Waals surface area contributed by atoms with Crippen LogP contribution in [0.2, 0.25) is 0 Å². The Morgan fingerprint density at radius 3 is 2.69 bits per heavy atom. The van der Waals surface area contributed by atoms with E-state index in [-0.39, 0.29) is 5.54 Å². The van der Waals surface area contributed by atoms with E-state index in [0.717, 1.165) is 22.0 Å². The molecule has 0 bridgehead atoms. The van der Waals surface area contributed by atoms with Gasteiger partial charge in [0, 0.05) is 22.7 Å². The molecule has 1 aliphatic rings. The maximum Gasteiger partial charge on any atom is 0.0998 e. The summed E-state index contributed by atoms with van der Waals surface area (Å²) in [5.74, 6) is 0.500. The highest BCUT2D eigenvalue weighted by Gasteiger charge is 2.34. The summed E-state index contributed by atoms with van der Waals surface area (Å²) in [6.07, 6.45) is 3.14. The van der Waals surface area contributed by atoms with Gasteiger partial charge in [-0.3, -0.25) is 0 Å². The Balaban J connectivity index is 2.10. The Morgan fingerprint density at radius 1 is 1.31 bits per heavy atom. The summed E-state index contributed by atoms with van der Waals surface area (Å²) in [4.78, 5) is 2.39. The van der Waals surface area contributed by atoms with Crippen molar-refractivity contribution in [1.29, 1.82) is 5.26 Å². The quantitative estimate of drug-likeness (QED) is 0.416. The van der Waals surface area contributed by atoms with E-state index in [4.69, 9.17) is 0 Å². The van der Waals surface area contributed by atoms with Crippen molar-refractivity contribution < 1.29 is 0 Å². The molecule has 1 atom stereocenters. The summed E-state index contributed by atoms with van der Waals surface area (Å²) in [6, 6.07) is 14.8. The van der Waals surface area contributed by atoms with Crippen LogP contribution in [0.5, 0.6) is 0 Å². The number of aryl methyl sites for hydroxylation is 1. The minimum atomic E-state index is 0.157. The largest absolute Gasteiger partial charge is 0.369 e. The van der Waals surface area contributed by atoms with Gasteiger partial charge in [0.1, 0.15) is 0 Å². The SMILES string of the molecule is Cc1cc2c(cc1/C=C(/C#N)c1cccc(Br)c1)[C@@H](C)CC(C)(C)N2C. The van der Waals surface area contributed by atoms with E-state index >= 15 is 0 Å². The monoisotopic (exact) mass is 408 g/mol. The Labute approximate surface area is 165 Å². The van der Waals surface area contributed by atoms with Gasteiger partial charge in [0.2, 0.25) is 0 Å². The second-order valence-corrected chi connectivity index (χ2v) is 8.84. The molecule has 0 saturated heterocycles. The summed E-state index contributed by atoms with van der Waals surface area (Å²) in [6.45, 7) is 9.03. The molecule has 0 N–H and O–H groups in total. The first-order valence-corrected chi connectivity index (χ1v) is 9.78. The molecule has 3 rings (SSSR count). The van der Waals surface area contributed by atoms with E-state index in [9.17, 15) is 5.26 Å². The fraction of sp³-hybridized carbons (Fsp3) is 0.348. The van der Waals surface area contributed by atoms with E-state index in [0.29, 0.717) is 11.5 Å². The lowest BCUT2D eigenvalue weighted by Gasteiger charge is -2.45. The molecule has 0 spiro atoms. The van der Waals surface area contributed by atoms with Gasteiger partial charge < -0.3 is 4.90 Å². The van der Waals surface area contributed by atoms with Crippen molar-refractivity contribution in [3.8, 4) is 6.07 Å². The molecule has 3 heteroatoms. The summed E-state index contributed by atoms with van der Waals surface area (Å²) < 4.78 is 0.982. The van der Waals surface area contributed by atoms with Crippen molar-refractivity contribution in [2.45, 2.75) is 45.6 Å². The Hall–Kier alpha value is -2.05. The number of benzene rings is 2. The van der Waals surface area contributed by atoms with Crippen LogP contribution in [0, 0.1) is 18.3 Å². The van der Waals surface area contributed by atoms with E-state index in [1.54, 1.807) is 0 Å². The molecule has 26 heavy (non-hydrogen) atoms. The molecule has 0 unspecified atom stereocenters. The fourth-order valence-electron chi connectivity index (χ4n) is 3.88. The number of allylic oxidation sites excluding steroid dienone is 1. The summed E-state index contributed by atoms with van der Waals surface area (Å²) in [5.41, 5.74) is 6.78. The maximum absolute atomic E-state index is 9.68. The average Bonchev–Trinajstić information content (AvgIpc) is 2.58. The van der Waals surface area contributed by atoms with E-state index < -0.39 is 0 Å². The Morgan fingerprint density at radius 2 is 2.04 bits per heavy atom. The molecule has 0 fully saturated rings. The van der Waals surface area contributed by atoms with Crippen LogP contribution >= 0.6 is 15.9 Å². The molecule has 134 valence electrons. The molecular formula is C23H25BrN2. The molecule has 0 amide bonds. The molecule has 0 radical (unpaired) electrons. The number of rotatable bonds is 2. The van der Waals surface area contributed by atoms with Crippen molar-refractivity contribution in [2.24, 2.45) is 0 Å². The van der Waals surface area contributed by atoms with Gasteiger partial charge in [0.05, 0.1) is 11.6 Å². The van der Waals surface area contributed by atoms with Gasteiger partial charge in [0.15, 0.2) is 0 Å². The number of hydrogen-bond donors (Lipinski definition) is 0. The number of hydrogen-bond acceptors (Lipinski definition) is 2. The molecule has 2 aromatic rings. The van der Waals surface area contributed by atoms with Crippen molar-refractivity contribution in [2.75, 3.05) is 11.9 Å². The minimum absolute atomic E-state index is 0.157. The predicted octanol–water partition coefficient (Wildman–Crippen LogP) is 6.54. The van der Waals surface area contributed by atoms with Crippen LogP contribution in [0.3, 0.4) is 0 Å². The third-order valence-corrected chi connectivity index (χ3v) is 6.07. The Bertz CT molecular complexity index is 918. The van der Waals surface area contributed by atoms with Crippen molar-refractivity contribution in [3.05, 3.63) is 63.1 Å².